The van der Waals surface area contributed by atoms with Gasteiger partial charge in [-0.1, -0.05) is 60.1 Å². The van der Waals surface area contributed by atoms with Crippen LogP contribution < -0.4 is 10.6 Å². The monoisotopic (exact) mass is 390 g/mol. The van der Waals surface area contributed by atoms with Crippen LogP contribution in [0.4, 0.5) is 11.4 Å². The Hall–Kier alpha value is -3.37. The zero-order chi connectivity index (χ0) is 19.9. The van der Waals surface area contributed by atoms with E-state index in [1.807, 2.05) is 48.5 Å². The van der Waals surface area contributed by atoms with Crippen molar-refractivity contribution in [2.75, 3.05) is 10.6 Å². The first kappa shape index (κ1) is 19.4. The second-order valence-electron chi connectivity index (χ2n) is 6.16. The highest BCUT2D eigenvalue weighted by Gasteiger charge is 2.13. The van der Waals surface area contributed by atoms with Crippen molar-refractivity contribution in [2.24, 2.45) is 0 Å². The van der Waals surface area contributed by atoms with Gasteiger partial charge in [0, 0.05) is 28.9 Å². The SMILES string of the molecule is CC(=O)Nc1ccc(NC(=O)/C(=C/c2ccccc2Cl)c2ccccc2)cc1. The highest BCUT2D eigenvalue weighted by Crippen LogP contribution is 2.25. The number of carbonyl (C=O) groups is 2. The normalized spacial score (nSPS) is 11.0. The number of carbonyl (C=O) groups excluding carboxylic acids is 2. The molecule has 0 aliphatic rings. The number of hydrogen-bond donors (Lipinski definition) is 2. The van der Waals surface area contributed by atoms with Gasteiger partial charge in [0.25, 0.3) is 5.91 Å². The van der Waals surface area contributed by atoms with Gasteiger partial charge in [-0.2, -0.15) is 0 Å². The maximum atomic E-state index is 13.0. The van der Waals surface area contributed by atoms with Crippen molar-refractivity contribution in [2.45, 2.75) is 6.92 Å². The predicted molar refractivity (Wildman–Crippen MR) is 115 cm³/mol. The van der Waals surface area contributed by atoms with Crippen molar-refractivity contribution in [3.8, 4) is 0 Å². The zero-order valence-corrected chi connectivity index (χ0v) is 16.0. The molecule has 3 rings (SSSR count). The molecule has 0 atom stereocenters. The van der Waals surface area contributed by atoms with Gasteiger partial charge < -0.3 is 10.6 Å². The Morgan fingerprint density at radius 1 is 0.786 bits per heavy atom. The topological polar surface area (TPSA) is 58.2 Å². The van der Waals surface area contributed by atoms with Gasteiger partial charge in [-0.15, -0.1) is 0 Å². The van der Waals surface area contributed by atoms with Gasteiger partial charge in [0.15, 0.2) is 0 Å². The summed E-state index contributed by atoms with van der Waals surface area (Å²) in [7, 11) is 0. The van der Waals surface area contributed by atoms with E-state index < -0.39 is 0 Å². The minimum Gasteiger partial charge on any atom is -0.326 e. The number of anilines is 2. The molecule has 0 bridgehead atoms. The van der Waals surface area contributed by atoms with E-state index in [9.17, 15) is 9.59 Å². The van der Waals surface area contributed by atoms with E-state index in [0.717, 1.165) is 11.1 Å². The third-order valence-electron chi connectivity index (χ3n) is 4.00. The number of halogens is 1. The molecule has 0 saturated carbocycles. The van der Waals surface area contributed by atoms with E-state index in [4.69, 9.17) is 11.6 Å². The Balaban J connectivity index is 1.89. The van der Waals surface area contributed by atoms with Crippen LogP contribution in [0.2, 0.25) is 5.02 Å². The van der Waals surface area contributed by atoms with Crippen LogP contribution in [0.15, 0.2) is 78.9 Å². The average Bonchev–Trinajstić information content (AvgIpc) is 2.69. The van der Waals surface area contributed by atoms with Gasteiger partial charge in [-0.05, 0) is 47.5 Å². The molecule has 0 aliphatic heterocycles. The molecule has 28 heavy (non-hydrogen) atoms. The summed E-state index contributed by atoms with van der Waals surface area (Å²) >= 11 is 6.27. The van der Waals surface area contributed by atoms with E-state index in [1.54, 1.807) is 36.4 Å². The second kappa shape index (κ2) is 9.02. The maximum absolute atomic E-state index is 13.0. The molecule has 5 heteroatoms. The first-order valence-electron chi connectivity index (χ1n) is 8.73. The molecule has 0 heterocycles. The van der Waals surface area contributed by atoms with Crippen LogP contribution in [0.3, 0.4) is 0 Å². The summed E-state index contributed by atoms with van der Waals surface area (Å²) in [5.74, 6) is -0.399. The zero-order valence-electron chi connectivity index (χ0n) is 15.3. The van der Waals surface area contributed by atoms with E-state index in [-0.39, 0.29) is 11.8 Å². The summed E-state index contributed by atoms with van der Waals surface area (Å²) in [6, 6.07) is 23.7. The molecule has 3 aromatic rings. The molecule has 140 valence electrons. The summed E-state index contributed by atoms with van der Waals surface area (Å²) < 4.78 is 0. The lowest BCUT2D eigenvalue weighted by molar-refractivity contribution is -0.114. The highest BCUT2D eigenvalue weighted by molar-refractivity contribution is 6.34. The number of hydrogen-bond acceptors (Lipinski definition) is 2. The van der Waals surface area contributed by atoms with Gasteiger partial charge in [0.05, 0.1) is 0 Å². The Morgan fingerprint density at radius 2 is 1.36 bits per heavy atom. The van der Waals surface area contributed by atoms with E-state index in [2.05, 4.69) is 10.6 Å². The molecule has 0 radical (unpaired) electrons. The molecule has 0 unspecified atom stereocenters. The molecule has 3 aromatic carbocycles. The molecular formula is C23H19ClN2O2. The van der Waals surface area contributed by atoms with E-state index >= 15 is 0 Å². The van der Waals surface area contributed by atoms with Crippen LogP contribution in [-0.4, -0.2) is 11.8 Å². The van der Waals surface area contributed by atoms with Crippen molar-refractivity contribution in [1.29, 1.82) is 0 Å². The van der Waals surface area contributed by atoms with Crippen molar-refractivity contribution in [1.82, 2.24) is 0 Å². The fourth-order valence-corrected chi connectivity index (χ4v) is 2.87. The minimum absolute atomic E-state index is 0.147. The predicted octanol–water partition coefficient (Wildman–Crippen LogP) is 5.48. The van der Waals surface area contributed by atoms with Crippen LogP contribution in [0.5, 0.6) is 0 Å². The molecule has 0 aliphatic carbocycles. The quantitative estimate of drug-likeness (QED) is 0.447. The smallest absolute Gasteiger partial charge is 0.256 e. The third-order valence-corrected chi connectivity index (χ3v) is 4.34. The van der Waals surface area contributed by atoms with Crippen LogP contribution in [0.25, 0.3) is 11.6 Å². The van der Waals surface area contributed by atoms with Crippen molar-refractivity contribution >= 4 is 46.4 Å². The number of nitrogens with one attached hydrogen (secondary N) is 2. The highest BCUT2D eigenvalue weighted by atomic mass is 35.5. The molecule has 0 spiro atoms. The largest absolute Gasteiger partial charge is 0.326 e. The Labute approximate surface area is 168 Å². The molecule has 4 nitrogen and oxygen atoms in total. The molecule has 0 saturated heterocycles. The lowest BCUT2D eigenvalue weighted by Gasteiger charge is -2.11. The third kappa shape index (κ3) is 5.09. The summed E-state index contributed by atoms with van der Waals surface area (Å²) in [6.07, 6.45) is 1.78. The fourth-order valence-electron chi connectivity index (χ4n) is 2.68. The van der Waals surface area contributed by atoms with Gasteiger partial charge in [0.1, 0.15) is 0 Å². The summed E-state index contributed by atoms with van der Waals surface area (Å²) in [6.45, 7) is 1.45. The second-order valence-corrected chi connectivity index (χ2v) is 6.57. The van der Waals surface area contributed by atoms with Crippen molar-refractivity contribution in [3.05, 3.63) is 95.0 Å². The van der Waals surface area contributed by atoms with Crippen LogP contribution in [-0.2, 0) is 9.59 Å². The molecular weight excluding hydrogens is 372 g/mol. The van der Waals surface area contributed by atoms with E-state index in [1.165, 1.54) is 6.92 Å². The van der Waals surface area contributed by atoms with Gasteiger partial charge in [-0.25, -0.2) is 0 Å². The van der Waals surface area contributed by atoms with E-state index in [0.29, 0.717) is 22.0 Å². The van der Waals surface area contributed by atoms with Crippen molar-refractivity contribution < 1.29 is 9.59 Å². The first-order chi connectivity index (χ1) is 13.5. The van der Waals surface area contributed by atoms with Crippen LogP contribution in [0, 0.1) is 0 Å². The van der Waals surface area contributed by atoms with Gasteiger partial charge >= 0.3 is 0 Å². The fraction of sp³-hybridized carbons (Fsp3) is 0.0435. The van der Waals surface area contributed by atoms with Crippen LogP contribution >= 0.6 is 11.6 Å². The first-order valence-corrected chi connectivity index (χ1v) is 9.11. The number of benzene rings is 3. The Morgan fingerprint density at radius 3 is 1.96 bits per heavy atom. The molecule has 2 amide bonds. The molecule has 0 fully saturated rings. The minimum atomic E-state index is -0.251. The van der Waals surface area contributed by atoms with Crippen LogP contribution in [0.1, 0.15) is 18.1 Å². The lowest BCUT2D eigenvalue weighted by Crippen LogP contribution is -2.14. The average molecular weight is 391 g/mol. The molecule has 0 aromatic heterocycles. The molecule has 2 N–H and O–H groups in total. The standard InChI is InChI=1S/C23H19ClN2O2/c1-16(27)25-19-11-13-20(14-12-19)26-23(28)21(17-7-3-2-4-8-17)15-18-9-5-6-10-22(18)24/h2-15H,1H3,(H,25,27)(H,26,28)/b21-15+. The van der Waals surface area contributed by atoms with Gasteiger partial charge in [0.2, 0.25) is 5.91 Å². The summed E-state index contributed by atoms with van der Waals surface area (Å²) in [5.41, 5.74) is 3.34. The Kier molecular flexibility index (Phi) is 6.25. The van der Waals surface area contributed by atoms with Gasteiger partial charge in [-0.3, -0.25) is 9.59 Å². The Bertz CT molecular complexity index is 1010. The number of rotatable bonds is 5. The summed E-state index contributed by atoms with van der Waals surface area (Å²) in [4.78, 5) is 24.1. The summed E-state index contributed by atoms with van der Waals surface area (Å²) in [5, 5.41) is 6.17. The number of amides is 2. The van der Waals surface area contributed by atoms with Crippen molar-refractivity contribution in [3.63, 3.8) is 0 Å². The lowest BCUT2D eigenvalue weighted by atomic mass is 10.0. The maximum Gasteiger partial charge on any atom is 0.256 e.